The van der Waals surface area contributed by atoms with E-state index in [1.807, 2.05) is 29.9 Å². The van der Waals surface area contributed by atoms with Crippen molar-refractivity contribution in [3.8, 4) is 22.8 Å². The summed E-state index contributed by atoms with van der Waals surface area (Å²) in [7, 11) is 1.88. The molecule has 0 aliphatic carbocycles. The highest BCUT2D eigenvalue weighted by molar-refractivity contribution is 5.81. The average molecular weight is 259 g/mol. The standard InChI is InChI=1S/C13H13N3O3/c1-16-5-9(15-7-16)8-3-2-4-10-12(8)19-11(6-18-10)13(14)17/h2-5,7,11H,6H2,1H3,(H2,14,17). The lowest BCUT2D eigenvalue weighted by Crippen LogP contribution is -2.41. The Hall–Kier alpha value is -2.50. The minimum Gasteiger partial charge on any atom is -0.485 e. The molecule has 0 fully saturated rings. The number of carbonyl (C=O) groups is 1. The SMILES string of the molecule is Cn1cnc(-c2cccc3c2OC(C(N)=O)CO3)c1. The van der Waals surface area contributed by atoms with E-state index in [1.54, 1.807) is 12.4 Å². The summed E-state index contributed by atoms with van der Waals surface area (Å²) in [6.45, 7) is 0.133. The Morgan fingerprint density at radius 1 is 1.53 bits per heavy atom. The topological polar surface area (TPSA) is 79.4 Å². The van der Waals surface area contributed by atoms with Crippen LogP contribution in [0.2, 0.25) is 0 Å². The first-order chi connectivity index (χ1) is 9.15. The number of rotatable bonds is 2. The van der Waals surface area contributed by atoms with E-state index >= 15 is 0 Å². The summed E-state index contributed by atoms with van der Waals surface area (Å²) >= 11 is 0. The van der Waals surface area contributed by atoms with Crippen molar-refractivity contribution in [3.63, 3.8) is 0 Å². The van der Waals surface area contributed by atoms with Crippen LogP contribution < -0.4 is 15.2 Å². The predicted octanol–water partition coefficient (Wildman–Crippen LogP) is 0.712. The van der Waals surface area contributed by atoms with Crippen LogP contribution in [-0.2, 0) is 11.8 Å². The van der Waals surface area contributed by atoms with E-state index in [0.717, 1.165) is 11.3 Å². The number of nitrogens with two attached hydrogens (primary N) is 1. The Kier molecular flexibility index (Phi) is 2.63. The predicted molar refractivity (Wildman–Crippen MR) is 67.7 cm³/mol. The van der Waals surface area contributed by atoms with Crippen molar-refractivity contribution in [2.24, 2.45) is 12.8 Å². The Bertz CT molecular complexity index is 636. The maximum atomic E-state index is 11.2. The summed E-state index contributed by atoms with van der Waals surface area (Å²) in [6.07, 6.45) is 2.80. The number of fused-ring (bicyclic) bond motifs is 1. The fourth-order valence-electron chi connectivity index (χ4n) is 1.99. The molecule has 6 heteroatoms. The first kappa shape index (κ1) is 11.6. The molecule has 1 aromatic heterocycles. The number of primary amides is 1. The monoisotopic (exact) mass is 259 g/mol. The highest BCUT2D eigenvalue weighted by Gasteiger charge is 2.28. The fraction of sp³-hybridized carbons (Fsp3) is 0.231. The van der Waals surface area contributed by atoms with Crippen LogP contribution in [0.4, 0.5) is 0 Å². The first-order valence-corrected chi connectivity index (χ1v) is 5.85. The minimum atomic E-state index is -0.766. The van der Waals surface area contributed by atoms with Crippen molar-refractivity contribution in [3.05, 3.63) is 30.7 Å². The lowest BCUT2D eigenvalue weighted by molar-refractivity contribution is -0.126. The fourth-order valence-corrected chi connectivity index (χ4v) is 1.99. The van der Waals surface area contributed by atoms with Gasteiger partial charge < -0.3 is 19.8 Å². The van der Waals surface area contributed by atoms with Gasteiger partial charge in [-0.15, -0.1) is 0 Å². The van der Waals surface area contributed by atoms with Crippen molar-refractivity contribution in [2.75, 3.05) is 6.61 Å². The quantitative estimate of drug-likeness (QED) is 0.861. The number of carbonyl (C=O) groups excluding carboxylic acids is 1. The van der Waals surface area contributed by atoms with E-state index in [0.29, 0.717) is 11.5 Å². The molecule has 3 rings (SSSR count). The zero-order valence-corrected chi connectivity index (χ0v) is 10.4. The number of amides is 1. The van der Waals surface area contributed by atoms with E-state index in [2.05, 4.69) is 4.98 Å². The lowest BCUT2D eigenvalue weighted by Gasteiger charge is -2.25. The third-order valence-corrected chi connectivity index (χ3v) is 2.93. The van der Waals surface area contributed by atoms with Crippen LogP contribution in [0.1, 0.15) is 0 Å². The summed E-state index contributed by atoms with van der Waals surface area (Å²) in [5.74, 6) is 0.568. The lowest BCUT2D eigenvalue weighted by atomic mass is 10.1. The Morgan fingerprint density at radius 2 is 2.37 bits per heavy atom. The minimum absolute atomic E-state index is 0.133. The molecule has 6 nitrogen and oxygen atoms in total. The molecule has 1 atom stereocenters. The number of para-hydroxylation sites is 1. The van der Waals surface area contributed by atoms with Crippen molar-refractivity contribution in [1.82, 2.24) is 9.55 Å². The Labute approximate surface area is 109 Å². The second kappa shape index (κ2) is 4.31. The molecule has 1 aliphatic rings. The molecule has 2 heterocycles. The van der Waals surface area contributed by atoms with Gasteiger partial charge in [-0.1, -0.05) is 6.07 Å². The highest BCUT2D eigenvalue weighted by Crippen LogP contribution is 2.40. The molecule has 1 aromatic carbocycles. The molecule has 98 valence electrons. The van der Waals surface area contributed by atoms with E-state index < -0.39 is 12.0 Å². The number of ether oxygens (including phenoxy) is 2. The van der Waals surface area contributed by atoms with Crippen molar-refractivity contribution in [2.45, 2.75) is 6.10 Å². The van der Waals surface area contributed by atoms with Gasteiger partial charge in [0.05, 0.1) is 12.0 Å². The second-order valence-electron chi connectivity index (χ2n) is 4.38. The molecule has 2 N–H and O–H groups in total. The second-order valence-corrected chi connectivity index (χ2v) is 4.38. The van der Waals surface area contributed by atoms with Crippen LogP contribution in [0, 0.1) is 0 Å². The molecule has 1 amide bonds. The molecule has 0 bridgehead atoms. The summed E-state index contributed by atoms with van der Waals surface area (Å²) < 4.78 is 13.0. The zero-order valence-electron chi connectivity index (χ0n) is 10.4. The van der Waals surface area contributed by atoms with Gasteiger partial charge in [0.2, 0.25) is 6.10 Å². The van der Waals surface area contributed by atoms with Gasteiger partial charge in [0.1, 0.15) is 6.61 Å². The number of aromatic nitrogens is 2. The van der Waals surface area contributed by atoms with Gasteiger partial charge in [0.15, 0.2) is 11.5 Å². The third kappa shape index (κ3) is 2.01. The summed E-state index contributed by atoms with van der Waals surface area (Å²) in [5, 5.41) is 0. The van der Waals surface area contributed by atoms with Crippen LogP contribution in [-0.4, -0.2) is 28.2 Å². The average Bonchev–Trinajstić information content (AvgIpc) is 2.84. The van der Waals surface area contributed by atoms with E-state index in [-0.39, 0.29) is 6.61 Å². The van der Waals surface area contributed by atoms with E-state index in [4.69, 9.17) is 15.2 Å². The van der Waals surface area contributed by atoms with Crippen molar-refractivity contribution in [1.29, 1.82) is 0 Å². The number of aryl methyl sites for hydroxylation is 1. The molecule has 0 saturated carbocycles. The molecule has 2 aromatic rings. The molecule has 19 heavy (non-hydrogen) atoms. The van der Waals surface area contributed by atoms with Gasteiger partial charge in [-0.25, -0.2) is 4.98 Å². The van der Waals surface area contributed by atoms with Crippen LogP contribution in [0.5, 0.6) is 11.5 Å². The van der Waals surface area contributed by atoms with Gasteiger partial charge in [-0.2, -0.15) is 0 Å². The van der Waals surface area contributed by atoms with Crippen LogP contribution >= 0.6 is 0 Å². The maximum absolute atomic E-state index is 11.2. The van der Waals surface area contributed by atoms with Crippen LogP contribution in [0.25, 0.3) is 11.3 Å². The molecule has 1 unspecified atom stereocenters. The van der Waals surface area contributed by atoms with Gasteiger partial charge >= 0.3 is 0 Å². The van der Waals surface area contributed by atoms with Gasteiger partial charge in [0.25, 0.3) is 5.91 Å². The highest BCUT2D eigenvalue weighted by atomic mass is 16.6. The molecule has 0 spiro atoms. The zero-order chi connectivity index (χ0) is 13.4. The first-order valence-electron chi connectivity index (χ1n) is 5.85. The third-order valence-electron chi connectivity index (χ3n) is 2.93. The smallest absolute Gasteiger partial charge is 0.262 e. The number of hydrogen-bond acceptors (Lipinski definition) is 4. The van der Waals surface area contributed by atoms with Crippen molar-refractivity contribution >= 4 is 5.91 Å². The maximum Gasteiger partial charge on any atom is 0.262 e. The Morgan fingerprint density at radius 3 is 3.05 bits per heavy atom. The number of nitrogens with zero attached hydrogens (tertiary/aromatic N) is 2. The van der Waals surface area contributed by atoms with Gasteiger partial charge in [-0.05, 0) is 12.1 Å². The van der Waals surface area contributed by atoms with Crippen LogP contribution in [0.15, 0.2) is 30.7 Å². The van der Waals surface area contributed by atoms with Crippen molar-refractivity contribution < 1.29 is 14.3 Å². The summed E-state index contributed by atoms with van der Waals surface area (Å²) in [5.41, 5.74) is 6.79. The summed E-state index contributed by atoms with van der Waals surface area (Å²) in [6, 6.07) is 5.52. The molecule has 1 aliphatic heterocycles. The largest absolute Gasteiger partial charge is 0.485 e. The van der Waals surface area contributed by atoms with E-state index in [9.17, 15) is 4.79 Å². The number of imidazole rings is 1. The van der Waals surface area contributed by atoms with Crippen LogP contribution in [0.3, 0.4) is 0 Å². The molecular weight excluding hydrogens is 246 g/mol. The molecule has 0 saturated heterocycles. The summed E-state index contributed by atoms with van der Waals surface area (Å²) in [4.78, 5) is 15.5. The molecular formula is C13H13N3O3. The number of hydrogen-bond donors (Lipinski definition) is 1. The Balaban J connectivity index is 2.06. The van der Waals surface area contributed by atoms with E-state index in [1.165, 1.54) is 0 Å². The van der Waals surface area contributed by atoms with Gasteiger partial charge in [-0.3, -0.25) is 4.79 Å². The molecule has 0 radical (unpaired) electrons. The number of benzene rings is 1. The normalized spacial score (nSPS) is 17.2. The van der Waals surface area contributed by atoms with Gasteiger partial charge in [0, 0.05) is 18.8 Å².